The van der Waals surface area contributed by atoms with Crippen LogP contribution in [0.3, 0.4) is 0 Å². The molecule has 1 aromatic rings. The molecule has 0 bridgehead atoms. The van der Waals surface area contributed by atoms with Gasteiger partial charge in [-0.25, -0.2) is 8.42 Å². The van der Waals surface area contributed by atoms with Crippen molar-refractivity contribution < 1.29 is 13.2 Å². The standard InChI is InChI=1S/C12H16N2O3S.ClH/c1-18(16,17)8-12(15)14-7-3-4-9-10(13)5-2-6-11(9)14;/h2,5-6H,3-4,7-8,13H2,1H3;1H. The van der Waals surface area contributed by atoms with E-state index >= 15 is 0 Å². The fourth-order valence-corrected chi connectivity index (χ4v) is 2.82. The zero-order valence-electron chi connectivity index (χ0n) is 10.6. The zero-order valence-corrected chi connectivity index (χ0v) is 12.3. The van der Waals surface area contributed by atoms with E-state index in [4.69, 9.17) is 5.73 Å². The van der Waals surface area contributed by atoms with Gasteiger partial charge in [0.05, 0.1) is 0 Å². The van der Waals surface area contributed by atoms with E-state index in [9.17, 15) is 13.2 Å². The Hall–Kier alpha value is -1.27. The highest BCUT2D eigenvalue weighted by Crippen LogP contribution is 2.31. The minimum Gasteiger partial charge on any atom is -0.398 e. The van der Waals surface area contributed by atoms with Crippen LogP contribution < -0.4 is 10.6 Å². The summed E-state index contributed by atoms with van der Waals surface area (Å²) in [6.07, 6.45) is 2.69. The minimum absolute atomic E-state index is 0. The van der Waals surface area contributed by atoms with Gasteiger partial charge in [0.2, 0.25) is 5.91 Å². The quantitative estimate of drug-likeness (QED) is 0.827. The molecule has 0 saturated heterocycles. The summed E-state index contributed by atoms with van der Waals surface area (Å²) in [6, 6.07) is 5.38. The van der Waals surface area contributed by atoms with Gasteiger partial charge in [-0.05, 0) is 30.5 Å². The summed E-state index contributed by atoms with van der Waals surface area (Å²) in [6.45, 7) is 0.546. The maximum atomic E-state index is 12.0. The van der Waals surface area contributed by atoms with E-state index in [0.717, 1.165) is 30.3 Å². The highest BCUT2D eigenvalue weighted by Gasteiger charge is 2.25. The van der Waals surface area contributed by atoms with Crippen LogP contribution in [0.15, 0.2) is 18.2 Å². The Balaban J connectivity index is 0.00000180. The first kappa shape index (κ1) is 15.8. The number of hydrogen-bond donors (Lipinski definition) is 1. The lowest BCUT2D eigenvalue weighted by molar-refractivity contribution is -0.116. The predicted molar refractivity (Wildman–Crippen MR) is 78.5 cm³/mol. The average molecular weight is 305 g/mol. The monoisotopic (exact) mass is 304 g/mol. The van der Waals surface area contributed by atoms with Crippen molar-refractivity contribution in [1.29, 1.82) is 0 Å². The summed E-state index contributed by atoms with van der Waals surface area (Å²) in [4.78, 5) is 13.5. The van der Waals surface area contributed by atoms with Gasteiger partial charge in [-0.1, -0.05) is 6.07 Å². The van der Waals surface area contributed by atoms with Crippen molar-refractivity contribution in [1.82, 2.24) is 0 Å². The van der Waals surface area contributed by atoms with Gasteiger partial charge in [-0.2, -0.15) is 0 Å². The second kappa shape index (κ2) is 5.79. The van der Waals surface area contributed by atoms with E-state index in [1.54, 1.807) is 12.1 Å². The number of amides is 1. The third-order valence-corrected chi connectivity index (χ3v) is 3.74. The number of benzene rings is 1. The SMILES string of the molecule is CS(=O)(=O)CC(=O)N1CCCc2c(N)cccc21.Cl. The van der Waals surface area contributed by atoms with Gasteiger partial charge >= 0.3 is 0 Å². The highest BCUT2D eigenvalue weighted by molar-refractivity contribution is 7.91. The Morgan fingerprint density at radius 2 is 2.11 bits per heavy atom. The van der Waals surface area contributed by atoms with Crippen molar-refractivity contribution in [2.24, 2.45) is 0 Å². The maximum Gasteiger partial charge on any atom is 0.242 e. The van der Waals surface area contributed by atoms with Gasteiger partial charge in [0, 0.05) is 24.2 Å². The number of sulfone groups is 1. The molecule has 1 aromatic carbocycles. The summed E-state index contributed by atoms with van der Waals surface area (Å²) in [5, 5.41) is 0. The van der Waals surface area contributed by atoms with E-state index in [0.29, 0.717) is 12.2 Å². The third-order valence-electron chi connectivity index (χ3n) is 2.97. The maximum absolute atomic E-state index is 12.0. The predicted octanol–water partition coefficient (Wildman–Crippen LogP) is 1.01. The molecule has 106 valence electrons. The molecular weight excluding hydrogens is 288 g/mol. The number of nitrogens with two attached hydrogens (primary N) is 1. The molecule has 19 heavy (non-hydrogen) atoms. The van der Waals surface area contributed by atoms with Crippen LogP contribution in [-0.2, 0) is 21.1 Å². The molecule has 1 heterocycles. The number of fused-ring (bicyclic) bond motifs is 1. The third kappa shape index (κ3) is 3.61. The molecule has 1 amide bonds. The normalized spacial score (nSPS) is 14.5. The van der Waals surface area contributed by atoms with Crippen molar-refractivity contribution in [3.8, 4) is 0 Å². The number of nitrogen functional groups attached to an aromatic ring is 1. The van der Waals surface area contributed by atoms with E-state index in [1.165, 1.54) is 4.90 Å². The number of rotatable bonds is 2. The smallest absolute Gasteiger partial charge is 0.242 e. The molecule has 0 spiro atoms. The molecule has 1 aliphatic rings. The van der Waals surface area contributed by atoms with Crippen molar-refractivity contribution in [3.05, 3.63) is 23.8 Å². The molecule has 1 aliphatic heterocycles. The van der Waals surface area contributed by atoms with Crippen molar-refractivity contribution in [3.63, 3.8) is 0 Å². The molecule has 2 rings (SSSR count). The van der Waals surface area contributed by atoms with Crippen LogP contribution in [0.25, 0.3) is 0 Å². The summed E-state index contributed by atoms with van der Waals surface area (Å²) in [5.74, 6) is -0.842. The molecule has 0 aliphatic carbocycles. The van der Waals surface area contributed by atoms with Crippen molar-refractivity contribution in [2.45, 2.75) is 12.8 Å². The first-order chi connectivity index (χ1) is 8.38. The van der Waals surface area contributed by atoms with Gasteiger partial charge in [-0.3, -0.25) is 4.79 Å². The summed E-state index contributed by atoms with van der Waals surface area (Å²) in [5.41, 5.74) is 8.21. The first-order valence-electron chi connectivity index (χ1n) is 5.74. The van der Waals surface area contributed by atoms with Crippen LogP contribution in [-0.4, -0.2) is 32.9 Å². The molecule has 0 saturated carbocycles. The lowest BCUT2D eigenvalue weighted by Crippen LogP contribution is -2.39. The van der Waals surface area contributed by atoms with Crippen LogP contribution in [0.1, 0.15) is 12.0 Å². The van der Waals surface area contributed by atoms with Crippen molar-refractivity contribution >= 4 is 39.5 Å². The van der Waals surface area contributed by atoms with Crippen LogP contribution in [0.2, 0.25) is 0 Å². The lowest BCUT2D eigenvalue weighted by atomic mass is 10.00. The number of carbonyl (C=O) groups excluding carboxylic acids is 1. The van der Waals surface area contributed by atoms with E-state index < -0.39 is 15.6 Å². The minimum atomic E-state index is -3.31. The van der Waals surface area contributed by atoms with Gasteiger partial charge in [0.25, 0.3) is 0 Å². The Morgan fingerprint density at radius 1 is 1.42 bits per heavy atom. The molecule has 5 nitrogen and oxygen atoms in total. The number of carbonyl (C=O) groups is 1. The van der Waals surface area contributed by atoms with E-state index in [1.807, 2.05) is 6.07 Å². The van der Waals surface area contributed by atoms with Gasteiger partial charge in [0.1, 0.15) is 5.75 Å². The Labute approximate surface area is 119 Å². The van der Waals surface area contributed by atoms with E-state index in [-0.39, 0.29) is 18.3 Å². The van der Waals surface area contributed by atoms with Crippen LogP contribution in [0.4, 0.5) is 11.4 Å². The fourth-order valence-electron chi connectivity index (χ4n) is 2.21. The molecule has 0 radical (unpaired) electrons. The summed E-state index contributed by atoms with van der Waals surface area (Å²) < 4.78 is 22.4. The molecule has 7 heteroatoms. The Kier molecular flexibility index (Phi) is 4.81. The molecule has 0 atom stereocenters. The van der Waals surface area contributed by atoms with Gasteiger partial charge in [0.15, 0.2) is 9.84 Å². The highest BCUT2D eigenvalue weighted by atomic mass is 35.5. The fraction of sp³-hybridized carbons (Fsp3) is 0.417. The number of hydrogen-bond acceptors (Lipinski definition) is 4. The second-order valence-electron chi connectivity index (χ2n) is 4.56. The molecule has 0 fully saturated rings. The van der Waals surface area contributed by atoms with Crippen LogP contribution in [0, 0.1) is 0 Å². The molecule has 2 N–H and O–H groups in total. The van der Waals surface area contributed by atoms with Gasteiger partial charge < -0.3 is 10.6 Å². The number of anilines is 2. The number of nitrogens with zero attached hydrogens (tertiary/aromatic N) is 1. The van der Waals surface area contributed by atoms with Gasteiger partial charge in [-0.15, -0.1) is 12.4 Å². The largest absolute Gasteiger partial charge is 0.398 e. The van der Waals surface area contributed by atoms with E-state index in [2.05, 4.69) is 0 Å². The van der Waals surface area contributed by atoms with Crippen LogP contribution >= 0.6 is 12.4 Å². The Morgan fingerprint density at radius 3 is 2.74 bits per heavy atom. The molecule has 0 unspecified atom stereocenters. The zero-order chi connectivity index (χ0) is 13.3. The summed E-state index contributed by atoms with van der Waals surface area (Å²) in [7, 11) is -3.31. The number of halogens is 1. The molecular formula is C12H17ClN2O3S. The first-order valence-corrected chi connectivity index (χ1v) is 7.80. The topological polar surface area (TPSA) is 80.5 Å². The summed E-state index contributed by atoms with van der Waals surface area (Å²) >= 11 is 0. The van der Waals surface area contributed by atoms with Crippen molar-refractivity contribution in [2.75, 3.05) is 29.2 Å². The second-order valence-corrected chi connectivity index (χ2v) is 6.70. The average Bonchev–Trinajstić information content (AvgIpc) is 2.26. The Bertz CT molecular complexity index is 587. The lowest BCUT2D eigenvalue weighted by Gasteiger charge is -2.30. The van der Waals surface area contributed by atoms with Crippen LogP contribution in [0.5, 0.6) is 0 Å². The molecule has 0 aromatic heterocycles.